The van der Waals surface area contributed by atoms with Crippen LogP contribution in [0.25, 0.3) is 0 Å². The van der Waals surface area contributed by atoms with Gasteiger partial charge in [-0.2, -0.15) is 0 Å². The van der Waals surface area contributed by atoms with Gasteiger partial charge in [0, 0.05) is 36.8 Å². The minimum atomic E-state index is -0.404. The van der Waals surface area contributed by atoms with Crippen molar-refractivity contribution in [2.24, 2.45) is 5.92 Å². The normalized spacial score (nSPS) is 14.7. The van der Waals surface area contributed by atoms with Crippen LogP contribution in [0.3, 0.4) is 0 Å². The van der Waals surface area contributed by atoms with Crippen LogP contribution >= 0.6 is 11.3 Å². The van der Waals surface area contributed by atoms with Crippen molar-refractivity contribution in [3.63, 3.8) is 0 Å². The minimum Gasteiger partial charge on any atom is -0.486 e. The van der Waals surface area contributed by atoms with Gasteiger partial charge in [0.25, 0.3) is 5.91 Å². The molecule has 0 spiro atoms. The maximum Gasteiger partial charge on any atom is 0.271 e. The lowest BCUT2D eigenvalue weighted by Crippen LogP contribution is -2.42. The fraction of sp³-hybridized carbons (Fsp3) is 0.267. The predicted octanol–water partition coefficient (Wildman–Crippen LogP) is 5.32. The molecule has 3 heterocycles. The van der Waals surface area contributed by atoms with Crippen LogP contribution < -0.4 is 10.1 Å². The number of halogens is 1. The Balaban J connectivity index is 1.31. The van der Waals surface area contributed by atoms with Crippen molar-refractivity contribution < 1.29 is 18.7 Å². The molecule has 0 saturated carbocycles. The van der Waals surface area contributed by atoms with Gasteiger partial charge in [-0.15, -0.1) is 11.3 Å². The van der Waals surface area contributed by atoms with Crippen LogP contribution in [-0.2, 0) is 24.4 Å². The van der Waals surface area contributed by atoms with E-state index in [-0.39, 0.29) is 30.2 Å². The summed E-state index contributed by atoms with van der Waals surface area (Å²) >= 11 is 1.35. The Kier molecular flexibility index (Phi) is 7.97. The third kappa shape index (κ3) is 6.15. The van der Waals surface area contributed by atoms with Gasteiger partial charge in [0.2, 0.25) is 5.91 Å². The second kappa shape index (κ2) is 11.7. The molecule has 0 saturated heterocycles. The Morgan fingerprint density at radius 2 is 1.97 bits per heavy atom. The summed E-state index contributed by atoms with van der Waals surface area (Å²) in [5.41, 5.74) is 4.05. The number of carbonyl (C=O) groups is 2. The summed E-state index contributed by atoms with van der Waals surface area (Å²) in [5, 5.41) is 5.24. The quantitative estimate of drug-likeness (QED) is 0.325. The number of pyridine rings is 1. The highest BCUT2D eigenvalue weighted by molar-refractivity contribution is 7.09. The maximum absolute atomic E-state index is 14.2. The van der Waals surface area contributed by atoms with E-state index in [4.69, 9.17) is 4.74 Å². The molecule has 0 unspecified atom stereocenters. The summed E-state index contributed by atoms with van der Waals surface area (Å²) in [7, 11) is 0. The fourth-order valence-corrected chi connectivity index (χ4v) is 5.37. The minimum absolute atomic E-state index is 0.0266. The van der Waals surface area contributed by atoms with Crippen molar-refractivity contribution in [3.05, 3.63) is 111 Å². The SMILES string of the molecule is CC(C)C(=O)N1CCc2ccc(OCc3nc(C(=O)NCc4ccncc4)cs3)cc2[C@H]1c1cccc(F)c1. The standard InChI is InChI=1S/C30H29FN4O3S/c1-19(2)30(37)35-13-10-21-6-7-24(15-25(21)28(35)22-4-3-5-23(31)14-22)38-17-27-34-26(18-39-27)29(36)33-16-20-8-11-32-12-9-20/h3-9,11-12,14-15,18-19,28H,10,13,16-17H2,1-2H3,(H,33,36)/t28-/m1/s1. The number of rotatable bonds is 8. The zero-order valence-corrected chi connectivity index (χ0v) is 22.6. The Morgan fingerprint density at radius 3 is 2.74 bits per heavy atom. The van der Waals surface area contributed by atoms with E-state index in [2.05, 4.69) is 15.3 Å². The third-order valence-electron chi connectivity index (χ3n) is 6.64. The van der Waals surface area contributed by atoms with Gasteiger partial charge in [0.1, 0.15) is 28.9 Å². The summed E-state index contributed by atoms with van der Waals surface area (Å²) in [6.07, 6.45) is 4.07. The number of fused-ring (bicyclic) bond motifs is 1. The molecule has 39 heavy (non-hydrogen) atoms. The largest absolute Gasteiger partial charge is 0.486 e. The zero-order chi connectivity index (χ0) is 27.4. The van der Waals surface area contributed by atoms with Crippen molar-refractivity contribution in [1.29, 1.82) is 0 Å². The van der Waals surface area contributed by atoms with Crippen molar-refractivity contribution >= 4 is 23.2 Å². The van der Waals surface area contributed by atoms with E-state index in [0.29, 0.717) is 36.0 Å². The third-order valence-corrected chi connectivity index (χ3v) is 7.46. The molecule has 1 aliphatic heterocycles. The first-order chi connectivity index (χ1) is 18.9. The maximum atomic E-state index is 14.2. The van der Waals surface area contributed by atoms with Crippen LogP contribution in [0.4, 0.5) is 4.39 Å². The van der Waals surface area contributed by atoms with Crippen LogP contribution in [-0.4, -0.2) is 33.2 Å². The second-order valence-corrected chi connectivity index (χ2v) is 10.7. The monoisotopic (exact) mass is 544 g/mol. The van der Waals surface area contributed by atoms with Gasteiger partial charge in [-0.05, 0) is 65.1 Å². The fourth-order valence-electron chi connectivity index (χ4n) is 4.69. The van der Waals surface area contributed by atoms with Crippen molar-refractivity contribution in [2.45, 2.75) is 39.5 Å². The van der Waals surface area contributed by atoms with Crippen molar-refractivity contribution in [3.8, 4) is 5.75 Å². The molecule has 1 aliphatic rings. The molecule has 0 fully saturated rings. The number of nitrogens with zero attached hydrogens (tertiary/aromatic N) is 3. The molecule has 9 heteroatoms. The summed E-state index contributed by atoms with van der Waals surface area (Å²) in [6, 6.07) is 15.5. The number of nitrogens with one attached hydrogen (secondary N) is 1. The predicted molar refractivity (Wildman–Crippen MR) is 147 cm³/mol. The van der Waals surface area contributed by atoms with Crippen LogP contribution in [0.5, 0.6) is 5.75 Å². The average Bonchev–Trinajstić information content (AvgIpc) is 3.43. The van der Waals surface area contributed by atoms with Gasteiger partial charge < -0.3 is 15.0 Å². The molecule has 2 aromatic heterocycles. The average molecular weight is 545 g/mol. The van der Waals surface area contributed by atoms with E-state index < -0.39 is 6.04 Å². The number of amides is 2. The Bertz CT molecular complexity index is 1470. The molecule has 1 N–H and O–H groups in total. The molecule has 0 bridgehead atoms. The van der Waals surface area contributed by atoms with Gasteiger partial charge in [-0.1, -0.05) is 32.0 Å². The zero-order valence-electron chi connectivity index (χ0n) is 21.8. The molecule has 2 amide bonds. The van der Waals surface area contributed by atoms with Crippen LogP contribution in [0, 0.1) is 11.7 Å². The lowest BCUT2D eigenvalue weighted by molar-refractivity contribution is -0.136. The molecule has 0 aliphatic carbocycles. The first-order valence-corrected chi connectivity index (χ1v) is 13.7. The molecular formula is C30H29FN4O3S. The summed E-state index contributed by atoms with van der Waals surface area (Å²) in [5.74, 6) is -0.126. The van der Waals surface area contributed by atoms with E-state index in [0.717, 1.165) is 22.3 Å². The van der Waals surface area contributed by atoms with E-state index in [9.17, 15) is 14.0 Å². The molecule has 200 valence electrons. The first-order valence-electron chi connectivity index (χ1n) is 12.8. The lowest BCUT2D eigenvalue weighted by Gasteiger charge is -2.39. The number of hydrogen-bond donors (Lipinski definition) is 1. The Hall–Kier alpha value is -4.11. The smallest absolute Gasteiger partial charge is 0.271 e. The van der Waals surface area contributed by atoms with Gasteiger partial charge in [0.15, 0.2) is 0 Å². The highest BCUT2D eigenvalue weighted by atomic mass is 32.1. The number of ether oxygens (including phenoxy) is 1. The molecule has 7 nitrogen and oxygen atoms in total. The number of thiazole rings is 1. The summed E-state index contributed by atoms with van der Waals surface area (Å²) < 4.78 is 20.3. The van der Waals surface area contributed by atoms with E-state index in [1.165, 1.54) is 23.5 Å². The number of hydrogen-bond acceptors (Lipinski definition) is 6. The summed E-state index contributed by atoms with van der Waals surface area (Å²) in [6.45, 7) is 4.91. The van der Waals surface area contributed by atoms with Crippen LogP contribution in [0.15, 0.2) is 72.4 Å². The first kappa shape index (κ1) is 26.5. The van der Waals surface area contributed by atoms with Crippen molar-refractivity contribution in [2.75, 3.05) is 6.54 Å². The number of aromatic nitrogens is 2. The molecule has 1 atom stereocenters. The van der Waals surface area contributed by atoms with E-state index >= 15 is 0 Å². The van der Waals surface area contributed by atoms with Gasteiger partial charge in [0.05, 0.1) is 6.04 Å². The highest BCUT2D eigenvalue weighted by Crippen LogP contribution is 2.38. The topological polar surface area (TPSA) is 84.4 Å². The van der Waals surface area contributed by atoms with E-state index in [1.54, 1.807) is 23.8 Å². The molecule has 4 aromatic rings. The van der Waals surface area contributed by atoms with Gasteiger partial charge in [-0.3, -0.25) is 14.6 Å². The Morgan fingerprint density at radius 1 is 1.15 bits per heavy atom. The van der Waals surface area contributed by atoms with Gasteiger partial charge in [-0.25, -0.2) is 9.37 Å². The Labute approximate surface area is 230 Å². The second-order valence-electron chi connectivity index (χ2n) is 9.71. The lowest BCUT2D eigenvalue weighted by atomic mass is 9.87. The molecule has 2 aromatic carbocycles. The van der Waals surface area contributed by atoms with Crippen molar-refractivity contribution in [1.82, 2.24) is 20.2 Å². The molecule has 5 rings (SSSR count). The number of benzene rings is 2. The van der Waals surface area contributed by atoms with Gasteiger partial charge >= 0.3 is 0 Å². The van der Waals surface area contributed by atoms with E-state index in [1.807, 2.05) is 55.1 Å². The number of carbonyl (C=O) groups excluding carboxylic acids is 2. The highest BCUT2D eigenvalue weighted by Gasteiger charge is 2.33. The summed E-state index contributed by atoms with van der Waals surface area (Å²) in [4.78, 5) is 35.9. The molecular weight excluding hydrogens is 515 g/mol. The van der Waals surface area contributed by atoms with Crippen LogP contribution in [0.2, 0.25) is 0 Å². The van der Waals surface area contributed by atoms with Crippen LogP contribution in [0.1, 0.15) is 57.6 Å². The molecule has 0 radical (unpaired) electrons.